The number of carboxylic acids is 1. The van der Waals surface area contributed by atoms with Crippen LogP contribution in [0.4, 0.5) is 5.69 Å². The Balaban J connectivity index is 1.95. The topological polar surface area (TPSA) is 80.3 Å². The van der Waals surface area contributed by atoms with E-state index in [0.717, 1.165) is 5.69 Å². The van der Waals surface area contributed by atoms with Crippen molar-refractivity contribution in [2.24, 2.45) is 0 Å². The minimum atomic E-state index is -0.988. The highest BCUT2D eigenvalue weighted by Crippen LogP contribution is 2.13. The van der Waals surface area contributed by atoms with Gasteiger partial charge in [0.25, 0.3) is 0 Å². The molecule has 0 amide bonds. The van der Waals surface area contributed by atoms with Gasteiger partial charge in [-0.3, -0.25) is 4.68 Å². The molecule has 2 N–H and O–H groups in total. The predicted molar refractivity (Wildman–Crippen MR) is 65.6 cm³/mol. The van der Waals surface area contributed by atoms with Crippen molar-refractivity contribution >= 4 is 11.7 Å². The minimum absolute atomic E-state index is 0.157. The molecule has 2 aromatic heterocycles. The van der Waals surface area contributed by atoms with Crippen molar-refractivity contribution in [2.45, 2.75) is 26.4 Å². The van der Waals surface area contributed by atoms with E-state index in [2.05, 4.69) is 10.4 Å². The molecule has 96 valence electrons. The lowest BCUT2D eigenvalue weighted by Gasteiger charge is -2.03. The lowest BCUT2D eigenvalue weighted by atomic mass is 10.3. The SMILES string of the molecule is CC(C)n1cc(NCc2cc(C(=O)O)co2)cn1. The maximum atomic E-state index is 10.7. The molecule has 2 heterocycles. The summed E-state index contributed by atoms with van der Waals surface area (Å²) in [6.07, 6.45) is 4.85. The third-order valence-corrected chi connectivity index (χ3v) is 2.50. The van der Waals surface area contributed by atoms with E-state index >= 15 is 0 Å². The monoisotopic (exact) mass is 249 g/mol. The second kappa shape index (κ2) is 4.95. The predicted octanol–water partition coefficient (Wildman–Crippen LogP) is 2.37. The molecule has 6 nitrogen and oxygen atoms in total. The maximum absolute atomic E-state index is 10.7. The zero-order chi connectivity index (χ0) is 13.1. The van der Waals surface area contributed by atoms with Crippen molar-refractivity contribution in [3.05, 3.63) is 36.0 Å². The Labute approximate surface area is 104 Å². The summed E-state index contributed by atoms with van der Waals surface area (Å²) in [4.78, 5) is 10.7. The zero-order valence-electron chi connectivity index (χ0n) is 10.3. The van der Waals surface area contributed by atoms with E-state index in [9.17, 15) is 4.79 Å². The van der Waals surface area contributed by atoms with Crippen LogP contribution in [0.25, 0.3) is 0 Å². The Hall–Kier alpha value is -2.24. The van der Waals surface area contributed by atoms with Crippen LogP contribution in [0, 0.1) is 0 Å². The van der Waals surface area contributed by atoms with E-state index in [1.807, 2.05) is 24.7 Å². The molecule has 0 bridgehead atoms. The number of carbonyl (C=O) groups is 1. The van der Waals surface area contributed by atoms with Crippen LogP contribution in [0.5, 0.6) is 0 Å². The Bertz CT molecular complexity index is 542. The molecule has 0 aromatic carbocycles. The van der Waals surface area contributed by atoms with E-state index in [4.69, 9.17) is 9.52 Å². The summed E-state index contributed by atoms with van der Waals surface area (Å²) < 4.78 is 6.97. The van der Waals surface area contributed by atoms with E-state index in [0.29, 0.717) is 18.3 Å². The first-order valence-corrected chi connectivity index (χ1v) is 5.65. The summed E-state index contributed by atoms with van der Waals surface area (Å²) in [5.41, 5.74) is 1.03. The van der Waals surface area contributed by atoms with Crippen molar-refractivity contribution in [3.8, 4) is 0 Å². The molecule has 2 aromatic rings. The molecule has 6 heteroatoms. The molecule has 0 aliphatic carbocycles. The van der Waals surface area contributed by atoms with Crippen molar-refractivity contribution in [3.63, 3.8) is 0 Å². The number of furan rings is 1. The average molecular weight is 249 g/mol. The van der Waals surface area contributed by atoms with Crippen LogP contribution in [0.15, 0.2) is 29.1 Å². The number of carboxylic acid groups (broad SMARTS) is 1. The van der Waals surface area contributed by atoms with Crippen LogP contribution in [-0.4, -0.2) is 20.9 Å². The first-order chi connectivity index (χ1) is 8.56. The van der Waals surface area contributed by atoms with Gasteiger partial charge in [-0.2, -0.15) is 5.10 Å². The lowest BCUT2D eigenvalue weighted by molar-refractivity contribution is 0.0696. The number of hydrogen-bond acceptors (Lipinski definition) is 4. The first kappa shape index (κ1) is 12.2. The highest BCUT2D eigenvalue weighted by Gasteiger charge is 2.08. The van der Waals surface area contributed by atoms with Gasteiger partial charge in [-0.15, -0.1) is 0 Å². The van der Waals surface area contributed by atoms with Crippen LogP contribution in [0.3, 0.4) is 0 Å². The number of aromatic carboxylic acids is 1. The molecule has 0 aliphatic heterocycles. The highest BCUT2D eigenvalue weighted by atomic mass is 16.4. The molecule has 0 unspecified atom stereocenters. The number of nitrogens with zero attached hydrogens (tertiary/aromatic N) is 2. The fourth-order valence-corrected chi connectivity index (χ4v) is 1.49. The second-order valence-corrected chi connectivity index (χ2v) is 4.26. The van der Waals surface area contributed by atoms with Gasteiger partial charge in [-0.1, -0.05) is 0 Å². The smallest absolute Gasteiger partial charge is 0.338 e. The van der Waals surface area contributed by atoms with Crippen molar-refractivity contribution in [1.82, 2.24) is 9.78 Å². The van der Waals surface area contributed by atoms with Crippen LogP contribution >= 0.6 is 0 Å². The summed E-state index contributed by atoms with van der Waals surface area (Å²) in [5.74, 6) is -0.415. The Kier molecular flexibility index (Phi) is 3.36. The third kappa shape index (κ3) is 2.71. The molecule has 0 radical (unpaired) electrons. The Morgan fingerprint density at radius 2 is 2.39 bits per heavy atom. The summed E-state index contributed by atoms with van der Waals surface area (Å²) in [6.45, 7) is 4.52. The Morgan fingerprint density at radius 1 is 1.61 bits per heavy atom. The molecule has 0 fully saturated rings. The van der Waals surface area contributed by atoms with E-state index in [-0.39, 0.29) is 5.56 Å². The van der Waals surface area contributed by atoms with Gasteiger partial charge in [0.2, 0.25) is 0 Å². The average Bonchev–Trinajstić information content (AvgIpc) is 2.95. The van der Waals surface area contributed by atoms with Gasteiger partial charge in [-0.05, 0) is 19.9 Å². The minimum Gasteiger partial charge on any atom is -0.478 e. The molecule has 2 rings (SSSR count). The van der Waals surface area contributed by atoms with Gasteiger partial charge >= 0.3 is 5.97 Å². The van der Waals surface area contributed by atoms with Crippen molar-refractivity contribution in [1.29, 1.82) is 0 Å². The van der Waals surface area contributed by atoms with Crippen LogP contribution < -0.4 is 5.32 Å². The van der Waals surface area contributed by atoms with Crippen LogP contribution in [0.1, 0.15) is 36.0 Å². The summed E-state index contributed by atoms with van der Waals surface area (Å²) in [5, 5.41) is 16.1. The van der Waals surface area contributed by atoms with Gasteiger partial charge in [0, 0.05) is 12.2 Å². The first-order valence-electron chi connectivity index (χ1n) is 5.65. The maximum Gasteiger partial charge on any atom is 0.338 e. The molecule has 0 saturated carbocycles. The fraction of sp³-hybridized carbons (Fsp3) is 0.333. The number of aromatic nitrogens is 2. The third-order valence-electron chi connectivity index (χ3n) is 2.50. The van der Waals surface area contributed by atoms with E-state index in [1.54, 1.807) is 6.20 Å². The molecular formula is C12H15N3O3. The van der Waals surface area contributed by atoms with Crippen molar-refractivity contribution in [2.75, 3.05) is 5.32 Å². The van der Waals surface area contributed by atoms with E-state index < -0.39 is 5.97 Å². The largest absolute Gasteiger partial charge is 0.478 e. The lowest BCUT2D eigenvalue weighted by Crippen LogP contribution is -2.00. The summed E-state index contributed by atoms with van der Waals surface area (Å²) in [7, 11) is 0. The van der Waals surface area contributed by atoms with Gasteiger partial charge in [0.1, 0.15) is 12.0 Å². The second-order valence-electron chi connectivity index (χ2n) is 4.26. The highest BCUT2D eigenvalue weighted by molar-refractivity contribution is 5.87. The molecule has 0 atom stereocenters. The summed E-state index contributed by atoms with van der Waals surface area (Å²) >= 11 is 0. The van der Waals surface area contributed by atoms with Crippen LogP contribution in [0.2, 0.25) is 0 Å². The number of rotatable bonds is 5. The molecule has 0 saturated heterocycles. The van der Waals surface area contributed by atoms with Gasteiger partial charge < -0.3 is 14.8 Å². The van der Waals surface area contributed by atoms with Crippen molar-refractivity contribution < 1.29 is 14.3 Å². The standard InChI is InChI=1S/C12H15N3O3/c1-8(2)15-6-10(4-14-15)13-5-11-3-9(7-18-11)12(16)17/h3-4,6-8,13H,5H2,1-2H3,(H,16,17). The molecular weight excluding hydrogens is 234 g/mol. The fourth-order valence-electron chi connectivity index (χ4n) is 1.49. The summed E-state index contributed by atoms with van der Waals surface area (Å²) in [6, 6.07) is 1.81. The number of anilines is 1. The van der Waals surface area contributed by atoms with E-state index in [1.165, 1.54) is 12.3 Å². The number of hydrogen-bond donors (Lipinski definition) is 2. The number of nitrogens with one attached hydrogen (secondary N) is 1. The normalized spacial score (nSPS) is 10.8. The zero-order valence-corrected chi connectivity index (χ0v) is 10.3. The van der Waals surface area contributed by atoms with Gasteiger partial charge in [0.15, 0.2) is 0 Å². The molecule has 0 aliphatic rings. The molecule has 0 spiro atoms. The molecule has 18 heavy (non-hydrogen) atoms. The van der Waals surface area contributed by atoms with Crippen LogP contribution in [-0.2, 0) is 6.54 Å². The quantitative estimate of drug-likeness (QED) is 0.850. The van der Waals surface area contributed by atoms with Gasteiger partial charge in [-0.25, -0.2) is 4.79 Å². The van der Waals surface area contributed by atoms with Gasteiger partial charge in [0.05, 0.1) is 24.0 Å². The Morgan fingerprint density at radius 3 is 2.94 bits per heavy atom.